The van der Waals surface area contributed by atoms with Crippen LogP contribution in [0.4, 0.5) is 0 Å². The summed E-state index contributed by atoms with van der Waals surface area (Å²) in [6.07, 6.45) is 3.54. The number of carbonyl (C=O) groups is 1. The number of thioether (sulfide) groups is 1. The number of ether oxygens (including phenoxy) is 1. The normalized spacial score (nSPS) is 26.9. The highest BCUT2D eigenvalue weighted by Gasteiger charge is 2.46. The van der Waals surface area contributed by atoms with Crippen LogP contribution in [0.1, 0.15) is 46.5 Å². The van der Waals surface area contributed by atoms with Gasteiger partial charge in [0.25, 0.3) is 0 Å². The molecule has 19 heavy (non-hydrogen) atoms. The van der Waals surface area contributed by atoms with Gasteiger partial charge in [-0.2, -0.15) is 11.8 Å². The Hall–Kier alpha value is -0.260. The molecule has 2 N–H and O–H groups in total. The molecule has 0 radical (unpaired) electrons. The third kappa shape index (κ3) is 4.97. The van der Waals surface area contributed by atoms with Crippen molar-refractivity contribution < 1.29 is 14.6 Å². The molecule has 1 aliphatic rings. The largest absolute Gasteiger partial charge is 0.465 e. The molecule has 2 unspecified atom stereocenters. The molecule has 0 aromatic rings. The maximum absolute atomic E-state index is 12.2. The van der Waals surface area contributed by atoms with E-state index >= 15 is 0 Å². The van der Waals surface area contributed by atoms with Crippen LogP contribution in [0.3, 0.4) is 0 Å². The zero-order valence-corrected chi connectivity index (χ0v) is 13.1. The van der Waals surface area contributed by atoms with Gasteiger partial charge in [-0.25, -0.2) is 0 Å². The van der Waals surface area contributed by atoms with Crippen molar-refractivity contribution in [3.05, 3.63) is 0 Å². The van der Waals surface area contributed by atoms with Crippen LogP contribution in [-0.2, 0) is 9.53 Å². The molecule has 1 saturated carbocycles. The number of rotatable bonds is 8. The lowest BCUT2D eigenvalue weighted by Gasteiger charge is -2.30. The minimum Gasteiger partial charge on any atom is -0.465 e. The summed E-state index contributed by atoms with van der Waals surface area (Å²) in [5, 5.41) is 12.7. The van der Waals surface area contributed by atoms with Gasteiger partial charge in [0.1, 0.15) is 5.54 Å². The predicted molar refractivity (Wildman–Crippen MR) is 79.4 cm³/mol. The van der Waals surface area contributed by atoms with Gasteiger partial charge >= 0.3 is 5.97 Å². The predicted octanol–water partition coefficient (Wildman–Crippen LogP) is 1.95. The number of hydrogen-bond donors (Lipinski definition) is 2. The Kier molecular flexibility index (Phi) is 7.18. The molecular formula is C14H27NO3S. The summed E-state index contributed by atoms with van der Waals surface area (Å²) in [4.78, 5) is 12.2. The summed E-state index contributed by atoms with van der Waals surface area (Å²) in [5.41, 5.74) is -0.499. The Morgan fingerprint density at radius 2 is 2.32 bits per heavy atom. The second-order valence-electron chi connectivity index (χ2n) is 5.41. The van der Waals surface area contributed by atoms with Crippen molar-refractivity contribution >= 4 is 17.7 Å². The number of carbonyl (C=O) groups excluding carboxylic acids is 1. The second kappa shape index (κ2) is 8.12. The fraction of sp³-hybridized carbons (Fsp3) is 0.929. The topological polar surface area (TPSA) is 58.6 Å². The third-order valence-electron chi connectivity index (χ3n) is 3.36. The average molecular weight is 289 g/mol. The lowest BCUT2D eigenvalue weighted by atomic mass is 9.96. The summed E-state index contributed by atoms with van der Waals surface area (Å²) in [6.45, 7) is 6.65. The van der Waals surface area contributed by atoms with Gasteiger partial charge in [0.15, 0.2) is 0 Å². The van der Waals surface area contributed by atoms with E-state index in [1.54, 1.807) is 0 Å². The molecule has 4 nitrogen and oxygen atoms in total. The van der Waals surface area contributed by atoms with Crippen LogP contribution in [0.25, 0.3) is 0 Å². The first kappa shape index (κ1) is 16.8. The molecule has 0 aliphatic heterocycles. The minimum absolute atomic E-state index is 0.103. The molecule has 0 aromatic carbocycles. The summed E-state index contributed by atoms with van der Waals surface area (Å²) < 4.78 is 5.25. The van der Waals surface area contributed by atoms with Crippen molar-refractivity contribution in [1.29, 1.82) is 0 Å². The van der Waals surface area contributed by atoms with Crippen molar-refractivity contribution in [2.24, 2.45) is 0 Å². The van der Waals surface area contributed by atoms with E-state index in [0.29, 0.717) is 11.9 Å². The van der Waals surface area contributed by atoms with Crippen molar-refractivity contribution in [3.63, 3.8) is 0 Å². The van der Waals surface area contributed by atoms with E-state index in [0.717, 1.165) is 31.4 Å². The first-order valence-electron chi connectivity index (χ1n) is 7.21. The fourth-order valence-corrected chi connectivity index (χ4v) is 3.97. The summed E-state index contributed by atoms with van der Waals surface area (Å²) in [5.74, 6) is 0.857. The molecule has 0 heterocycles. The standard InChI is InChI=1S/C14H27NO3S/c1-4-18-13(17)14(15-11(2)3)7-6-12(10-14)19-9-5-8-16/h11-12,15-16H,4-10H2,1-3H3. The zero-order valence-electron chi connectivity index (χ0n) is 12.3. The number of hydrogen-bond acceptors (Lipinski definition) is 5. The highest BCUT2D eigenvalue weighted by Crippen LogP contribution is 2.38. The minimum atomic E-state index is -0.499. The van der Waals surface area contributed by atoms with Crippen LogP contribution >= 0.6 is 11.8 Å². The Labute approximate surface area is 120 Å². The highest BCUT2D eigenvalue weighted by atomic mass is 32.2. The molecule has 1 aliphatic carbocycles. The van der Waals surface area contributed by atoms with Crippen molar-refractivity contribution in [2.75, 3.05) is 19.0 Å². The first-order valence-corrected chi connectivity index (χ1v) is 8.26. The molecule has 0 spiro atoms. The molecule has 1 fully saturated rings. The molecular weight excluding hydrogens is 262 g/mol. The van der Waals surface area contributed by atoms with Crippen molar-refractivity contribution in [3.8, 4) is 0 Å². The van der Waals surface area contributed by atoms with Gasteiger partial charge in [0.2, 0.25) is 0 Å². The summed E-state index contributed by atoms with van der Waals surface area (Å²) in [6, 6.07) is 0.269. The molecule has 112 valence electrons. The third-order valence-corrected chi connectivity index (χ3v) is 4.75. The van der Waals surface area contributed by atoms with E-state index in [1.165, 1.54) is 0 Å². The van der Waals surface area contributed by atoms with Gasteiger partial charge in [-0.3, -0.25) is 10.1 Å². The van der Waals surface area contributed by atoms with Crippen LogP contribution in [0.2, 0.25) is 0 Å². The average Bonchev–Trinajstić information content (AvgIpc) is 2.74. The summed E-state index contributed by atoms with van der Waals surface area (Å²) >= 11 is 1.87. The smallest absolute Gasteiger partial charge is 0.326 e. The second-order valence-corrected chi connectivity index (χ2v) is 6.82. The Balaban J connectivity index is 2.59. The van der Waals surface area contributed by atoms with E-state index in [-0.39, 0.29) is 18.6 Å². The van der Waals surface area contributed by atoms with Crippen molar-refractivity contribution in [2.45, 2.75) is 63.3 Å². The van der Waals surface area contributed by atoms with Crippen LogP contribution in [0.15, 0.2) is 0 Å². The maximum Gasteiger partial charge on any atom is 0.326 e. The van der Waals surface area contributed by atoms with Crippen LogP contribution in [0.5, 0.6) is 0 Å². The maximum atomic E-state index is 12.2. The molecule has 0 amide bonds. The lowest BCUT2D eigenvalue weighted by Crippen LogP contribution is -2.54. The van der Waals surface area contributed by atoms with Gasteiger partial charge < -0.3 is 9.84 Å². The van der Waals surface area contributed by atoms with Gasteiger partial charge in [0, 0.05) is 17.9 Å². The van der Waals surface area contributed by atoms with E-state index in [4.69, 9.17) is 9.84 Å². The number of aliphatic hydroxyl groups excluding tert-OH is 1. The van der Waals surface area contributed by atoms with E-state index in [2.05, 4.69) is 19.2 Å². The first-order chi connectivity index (χ1) is 9.04. The molecule has 0 bridgehead atoms. The SMILES string of the molecule is CCOC(=O)C1(NC(C)C)CCC(SCCCO)C1. The number of aliphatic hydroxyl groups is 1. The quantitative estimate of drug-likeness (QED) is 0.528. The summed E-state index contributed by atoms with van der Waals surface area (Å²) in [7, 11) is 0. The number of nitrogens with one attached hydrogen (secondary N) is 1. The fourth-order valence-electron chi connectivity index (χ4n) is 2.65. The van der Waals surface area contributed by atoms with Crippen LogP contribution < -0.4 is 5.32 Å². The van der Waals surface area contributed by atoms with Crippen LogP contribution in [0, 0.1) is 0 Å². The number of esters is 1. The molecule has 2 atom stereocenters. The van der Waals surface area contributed by atoms with Gasteiger partial charge in [0.05, 0.1) is 6.61 Å². The molecule has 0 aromatic heterocycles. The van der Waals surface area contributed by atoms with Gasteiger partial charge in [-0.05, 0) is 52.2 Å². The van der Waals surface area contributed by atoms with Crippen LogP contribution in [-0.4, -0.2) is 46.9 Å². The van der Waals surface area contributed by atoms with E-state index < -0.39 is 5.54 Å². The molecule has 5 heteroatoms. The monoisotopic (exact) mass is 289 g/mol. The van der Waals surface area contributed by atoms with Gasteiger partial charge in [-0.1, -0.05) is 0 Å². The highest BCUT2D eigenvalue weighted by molar-refractivity contribution is 7.99. The van der Waals surface area contributed by atoms with Crippen molar-refractivity contribution in [1.82, 2.24) is 5.32 Å². The zero-order chi connectivity index (χ0) is 14.3. The van der Waals surface area contributed by atoms with E-state index in [1.807, 2.05) is 18.7 Å². The molecule has 0 saturated heterocycles. The van der Waals surface area contributed by atoms with E-state index in [9.17, 15) is 4.79 Å². The van der Waals surface area contributed by atoms with Gasteiger partial charge in [-0.15, -0.1) is 0 Å². The lowest BCUT2D eigenvalue weighted by molar-refractivity contribution is -0.151. The molecule has 1 rings (SSSR count). The Bertz CT molecular complexity index is 286. The Morgan fingerprint density at radius 3 is 2.89 bits per heavy atom. The Morgan fingerprint density at radius 1 is 1.58 bits per heavy atom.